The maximum atomic E-state index is 15.0. The number of fused-ring (bicyclic) bond motifs is 1. The van der Waals surface area contributed by atoms with Gasteiger partial charge in [-0.2, -0.15) is 0 Å². The third-order valence-electron chi connectivity index (χ3n) is 7.45. The lowest BCUT2D eigenvalue weighted by Gasteiger charge is -2.37. The zero-order valence-electron chi connectivity index (χ0n) is 21.7. The number of piperidine rings is 1. The summed E-state index contributed by atoms with van der Waals surface area (Å²) in [6, 6.07) is 4.81. The van der Waals surface area contributed by atoms with Crippen molar-refractivity contribution in [2.24, 2.45) is 5.92 Å². The van der Waals surface area contributed by atoms with Gasteiger partial charge in [0, 0.05) is 36.8 Å². The number of nitrogen functional groups attached to an aromatic ring is 1. The molecular formula is C27H35FN6O3. The highest BCUT2D eigenvalue weighted by atomic mass is 19.1. The standard InChI is InChI=1S/C27H35FN6O3/c1-27(2,35)19-4-6-33(7-5-19)16-18-12-20(28)14-21-23(17-13-22(29)25(36-3)30-15-17)31-26(32-24(18)21)34-8-10-37-11-9-34/h12-15,19,35H,4-11,16,29H2,1-3H3. The summed E-state index contributed by atoms with van der Waals surface area (Å²) in [5.74, 6) is 0.820. The maximum Gasteiger partial charge on any atom is 0.236 e. The van der Waals surface area contributed by atoms with Gasteiger partial charge in [-0.15, -0.1) is 0 Å². The normalized spacial score (nSPS) is 17.9. The zero-order valence-corrected chi connectivity index (χ0v) is 21.7. The summed E-state index contributed by atoms with van der Waals surface area (Å²) in [4.78, 5) is 18.5. The molecule has 10 heteroatoms. The summed E-state index contributed by atoms with van der Waals surface area (Å²) in [7, 11) is 1.51. The molecule has 2 aliphatic rings. The first-order valence-corrected chi connectivity index (χ1v) is 12.8. The van der Waals surface area contributed by atoms with E-state index in [0.29, 0.717) is 72.5 Å². The van der Waals surface area contributed by atoms with Crippen LogP contribution < -0.4 is 15.4 Å². The summed E-state index contributed by atoms with van der Waals surface area (Å²) in [5, 5.41) is 11.0. The molecule has 0 saturated carbocycles. The first kappa shape index (κ1) is 25.6. The summed E-state index contributed by atoms with van der Waals surface area (Å²) < 4.78 is 25.8. The molecule has 37 heavy (non-hydrogen) atoms. The summed E-state index contributed by atoms with van der Waals surface area (Å²) in [6.07, 6.45) is 3.44. The number of nitrogens with zero attached hydrogens (tertiary/aromatic N) is 5. The molecule has 4 heterocycles. The second kappa shape index (κ2) is 10.4. The molecule has 1 aromatic carbocycles. The highest BCUT2D eigenvalue weighted by Gasteiger charge is 2.31. The van der Waals surface area contributed by atoms with E-state index >= 15 is 4.39 Å². The predicted octanol–water partition coefficient (Wildman–Crippen LogP) is 3.24. The van der Waals surface area contributed by atoms with E-state index in [1.165, 1.54) is 13.2 Å². The first-order chi connectivity index (χ1) is 17.7. The predicted molar refractivity (Wildman–Crippen MR) is 141 cm³/mol. The molecule has 0 radical (unpaired) electrons. The van der Waals surface area contributed by atoms with Crippen molar-refractivity contribution < 1.29 is 19.0 Å². The van der Waals surface area contributed by atoms with Gasteiger partial charge in [0.05, 0.1) is 42.8 Å². The number of halogens is 1. The van der Waals surface area contributed by atoms with Crippen LogP contribution in [0.5, 0.6) is 5.88 Å². The molecule has 2 saturated heterocycles. The number of aromatic nitrogens is 3. The smallest absolute Gasteiger partial charge is 0.236 e. The van der Waals surface area contributed by atoms with Gasteiger partial charge < -0.3 is 25.2 Å². The number of ether oxygens (including phenoxy) is 2. The van der Waals surface area contributed by atoms with Crippen LogP contribution in [0, 0.1) is 11.7 Å². The Kier molecular flexibility index (Phi) is 7.15. The minimum Gasteiger partial charge on any atom is -0.480 e. The number of nitrogens with two attached hydrogens (primary N) is 1. The fourth-order valence-corrected chi connectivity index (χ4v) is 5.31. The van der Waals surface area contributed by atoms with E-state index in [2.05, 4.69) is 14.8 Å². The highest BCUT2D eigenvalue weighted by molar-refractivity contribution is 5.95. The molecule has 0 aliphatic carbocycles. The van der Waals surface area contributed by atoms with E-state index < -0.39 is 5.60 Å². The van der Waals surface area contributed by atoms with E-state index in [4.69, 9.17) is 25.2 Å². The van der Waals surface area contributed by atoms with Gasteiger partial charge in [-0.3, -0.25) is 4.90 Å². The fraction of sp³-hybridized carbons (Fsp3) is 0.519. The quantitative estimate of drug-likeness (QED) is 0.516. The van der Waals surface area contributed by atoms with Gasteiger partial charge in [-0.05, 0) is 69.5 Å². The number of anilines is 2. The largest absolute Gasteiger partial charge is 0.480 e. The molecule has 198 valence electrons. The van der Waals surface area contributed by atoms with Crippen LogP contribution in [-0.2, 0) is 11.3 Å². The Labute approximate surface area is 216 Å². The molecule has 5 rings (SSSR count). The topological polar surface area (TPSA) is 110 Å². The number of likely N-dealkylation sites (tertiary alicyclic amines) is 1. The van der Waals surface area contributed by atoms with Crippen LogP contribution in [0.15, 0.2) is 24.4 Å². The monoisotopic (exact) mass is 510 g/mol. The fourth-order valence-electron chi connectivity index (χ4n) is 5.31. The summed E-state index contributed by atoms with van der Waals surface area (Å²) >= 11 is 0. The Balaban J connectivity index is 1.57. The zero-order chi connectivity index (χ0) is 26.2. The van der Waals surface area contributed by atoms with Crippen molar-refractivity contribution in [2.75, 3.05) is 57.1 Å². The van der Waals surface area contributed by atoms with Gasteiger partial charge in [0.2, 0.25) is 11.8 Å². The van der Waals surface area contributed by atoms with E-state index in [1.807, 2.05) is 13.8 Å². The maximum absolute atomic E-state index is 15.0. The molecular weight excluding hydrogens is 475 g/mol. The molecule has 0 unspecified atom stereocenters. The van der Waals surface area contributed by atoms with Crippen molar-refractivity contribution >= 4 is 22.5 Å². The van der Waals surface area contributed by atoms with Crippen molar-refractivity contribution in [1.29, 1.82) is 0 Å². The third-order valence-corrected chi connectivity index (χ3v) is 7.45. The lowest BCUT2D eigenvalue weighted by molar-refractivity contribution is -0.0135. The number of aliphatic hydroxyl groups is 1. The lowest BCUT2D eigenvalue weighted by Crippen LogP contribution is -2.41. The Morgan fingerprint density at radius 1 is 1.14 bits per heavy atom. The van der Waals surface area contributed by atoms with Crippen LogP contribution in [-0.4, -0.2) is 77.1 Å². The molecule has 0 spiro atoms. The van der Waals surface area contributed by atoms with Gasteiger partial charge in [0.15, 0.2) is 0 Å². The number of benzene rings is 1. The van der Waals surface area contributed by atoms with Crippen molar-refractivity contribution in [2.45, 2.75) is 38.8 Å². The van der Waals surface area contributed by atoms with Gasteiger partial charge >= 0.3 is 0 Å². The van der Waals surface area contributed by atoms with Gasteiger partial charge in [0.25, 0.3) is 0 Å². The van der Waals surface area contributed by atoms with Crippen LogP contribution in [0.4, 0.5) is 16.0 Å². The van der Waals surface area contributed by atoms with Gasteiger partial charge in [-0.1, -0.05) is 0 Å². The van der Waals surface area contributed by atoms with E-state index in [9.17, 15) is 5.11 Å². The number of hydrogen-bond donors (Lipinski definition) is 2. The molecule has 3 aromatic rings. The minimum absolute atomic E-state index is 0.253. The number of pyridine rings is 1. The van der Waals surface area contributed by atoms with E-state index in [0.717, 1.165) is 31.5 Å². The Bertz CT molecular complexity index is 1270. The summed E-state index contributed by atoms with van der Waals surface area (Å²) in [6.45, 7) is 8.53. The average Bonchev–Trinajstić information content (AvgIpc) is 2.88. The molecule has 3 N–H and O–H groups in total. The Hall–Kier alpha value is -3.08. The average molecular weight is 511 g/mol. The molecule has 2 aliphatic heterocycles. The highest BCUT2D eigenvalue weighted by Crippen LogP contribution is 2.35. The van der Waals surface area contributed by atoms with Crippen molar-refractivity contribution in [3.05, 3.63) is 35.8 Å². The van der Waals surface area contributed by atoms with Crippen LogP contribution in [0.25, 0.3) is 22.2 Å². The van der Waals surface area contributed by atoms with Gasteiger partial charge in [-0.25, -0.2) is 19.3 Å². The van der Waals surface area contributed by atoms with Gasteiger partial charge in [0.1, 0.15) is 5.82 Å². The number of methoxy groups -OCH3 is 1. The molecule has 9 nitrogen and oxygen atoms in total. The summed E-state index contributed by atoms with van der Waals surface area (Å²) in [5.41, 5.74) is 8.62. The number of hydrogen-bond acceptors (Lipinski definition) is 9. The van der Waals surface area contributed by atoms with Crippen LogP contribution in [0.1, 0.15) is 32.3 Å². The molecule has 0 atom stereocenters. The molecule has 0 amide bonds. The third kappa shape index (κ3) is 5.46. The molecule has 2 aromatic heterocycles. The first-order valence-electron chi connectivity index (χ1n) is 12.8. The SMILES string of the molecule is COc1ncc(-c2nc(N3CCOCC3)nc3c(CN4CCC(C(C)(C)O)CC4)cc(F)cc23)cc1N. The molecule has 0 bridgehead atoms. The minimum atomic E-state index is -0.693. The number of rotatable bonds is 6. The Morgan fingerprint density at radius 2 is 1.86 bits per heavy atom. The Morgan fingerprint density at radius 3 is 2.51 bits per heavy atom. The molecule has 2 fully saturated rings. The second-order valence-electron chi connectivity index (χ2n) is 10.5. The van der Waals surface area contributed by atoms with Crippen LogP contribution in [0.3, 0.4) is 0 Å². The van der Waals surface area contributed by atoms with E-state index in [1.54, 1.807) is 18.3 Å². The van der Waals surface area contributed by atoms with E-state index in [-0.39, 0.29) is 11.7 Å². The van der Waals surface area contributed by atoms with Crippen LogP contribution in [0.2, 0.25) is 0 Å². The van der Waals surface area contributed by atoms with Crippen LogP contribution >= 0.6 is 0 Å². The van der Waals surface area contributed by atoms with Crippen molar-refractivity contribution in [3.63, 3.8) is 0 Å². The van der Waals surface area contributed by atoms with Crippen molar-refractivity contribution in [1.82, 2.24) is 19.9 Å². The van der Waals surface area contributed by atoms with Crippen molar-refractivity contribution in [3.8, 4) is 17.1 Å². The second-order valence-corrected chi connectivity index (χ2v) is 10.5. The number of morpholine rings is 1. The lowest BCUT2D eigenvalue weighted by atomic mass is 9.83.